The van der Waals surface area contributed by atoms with Crippen molar-refractivity contribution in [3.05, 3.63) is 35.3 Å². The number of hydrogen-bond donors (Lipinski definition) is 1. The molecule has 16 heavy (non-hydrogen) atoms. The zero-order valence-corrected chi connectivity index (χ0v) is 9.92. The van der Waals surface area contributed by atoms with Crippen LogP contribution in [0.1, 0.15) is 31.0 Å². The first-order chi connectivity index (χ1) is 7.56. The highest BCUT2D eigenvalue weighted by Crippen LogP contribution is 2.30. The number of nitrogens with zero attached hydrogens (tertiary/aromatic N) is 1. The van der Waals surface area contributed by atoms with Crippen molar-refractivity contribution >= 4 is 10.9 Å². The molecule has 3 heteroatoms. The quantitative estimate of drug-likeness (QED) is 0.829. The molecule has 0 aliphatic rings. The van der Waals surface area contributed by atoms with Gasteiger partial charge in [-0.2, -0.15) is 0 Å². The van der Waals surface area contributed by atoms with Crippen molar-refractivity contribution < 1.29 is 4.39 Å². The molecule has 0 aliphatic heterocycles. The van der Waals surface area contributed by atoms with Crippen LogP contribution < -0.4 is 5.73 Å². The van der Waals surface area contributed by atoms with Gasteiger partial charge in [-0.05, 0) is 29.7 Å². The average molecular weight is 220 g/mol. The highest BCUT2D eigenvalue weighted by molar-refractivity contribution is 5.85. The highest BCUT2D eigenvalue weighted by Gasteiger charge is 2.16. The Morgan fingerprint density at radius 3 is 2.62 bits per heavy atom. The van der Waals surface area contributed by atoms with E-state index in [2.05, 4.69) is 13.8 Å². The lowest BCUT2D eigenvalue weighted by Gasteiger charge is -2.10. The van der Waals surface area contributed by atoms with Crippen molar-refractivity contribution in [2.75, 3.05) is 0 Å². The molecular formula is C13H17FN2. The van der Waals surface area contributed by atoms with Gasteiger partial charge in [0, 0.05) is 24.7 Å². The molecule has 1 aromatic heterocycles. The van der Waals surface area contributed by atoms with Gasteiger partial charge < -0.3 is 10.3 Å². The van der Waals surface area contributed by atoms with E-state index in [9.17, 15) is 4.39 Å². The number of fused-ring (bicyclic) bond motifs is 1. The van der Waals surface area contributed by atoms with Crippen LogP contribution in [0.5, 0.6) is 0 Å². The normalized spacial score (nSPS) is 11.6. The van der Waals surface area contributed by atoms with E-state index in [4.69, 9.17) is 5.73 Å². The number of aromatic nitrogens is 1. The van der Waals surface area contributed by atoms with Crippen LogP contribution >= 0.6 is 0 Å². The summed E-state index contributed by atoms with van der Waals surface area (Å²) in [6.07, 6.45) is 0. The third-order valence-corrected chi connectivity index (χ3v) is 3.07. The molecule has 0 spiro atoms. The molecule has 86 valence electrons. The van der Waals surface area contributed by atoms with Gasteiger partial charge in [0.05, 0.1) is 5.52 Å². The van der Waals surface area contributed by atoms with Crippen molar-refractivity contribution in [1.29, 1.82) is 0 Å². The molecule has 0 bridgehead atoms. The third-order valence-electron chi connectivity index (χ3n) is 3.07. The van der Waals surface area contributed by atoms with E-state index in [0.717, 1.165) is 16.5 Å². The van der Waals surface area contributed by atoms with Gasteiger partial charge in [-0.1, -0.05) is 13.8 Å². The maximum atomic E-state index is 13.2. The summed E-state index contributed by atoms with van der Waals surface area (Å²) in [6, 6.07) is 4.88. The minimum Gasteiger partial charge on any atom is -0.347 e. The highest BCUT2D eigenvalue weighted by atomic mass is 19.1. The molecule has 2 nitrogen and oxygen atoms in total. The van der Waals surface area contributed by atoms with Gasteiger partial charge in [-0.15, -0.1) is 0 Å². The van der Waals surface area contributed by atoms with Crippen LogP contribution in [0.3, 0.4) is 0 Å². The van der Waals surface area contributed by atoms with Crippen LogP contribution in [0.2, 0.25) is 0 Å². The lowest BCUT2D eigenvalue weighted by molar-refractivity contribution is 0.628. The SMILES string of the molecule is CC(C)c1c(CN)c2ccc(F)cc2n1C. The number of hydrogen-bond acceptors (Lipinski definition) is 1. The van der Waals surface area contributed by atoms with E-state index in [1.165, 1.54) is 11.8 Å². The molecule has 2 rings (SSSR count). The number of aryl methyl sites for hydroxylation is 1. The first kappa shape index (κ1) is 11.1. The maximum absolute atomic E-state index is 13.2. The second kappa shape index (κ2) is 3.91. The molecule has 0 fully saturated rings. The van der Waals surface area contributed by atoms with E-state index < -0.39 is 0 Å². The molecule has 1 heterocycles. The Bertz CT molecular complexity index is 526. The Kier molecular flexibility index (Phi) is 2.72. The van der Waals surface area contributed by atoms with Crippen LogP contribution in [0.25, 0.3) is 10.9 Å². The summed E-state index contributed by atoms with van der Waals surface area (Å²) < 4.78 is 15.3. The lowest BCUT2D eigenvalue weighted by Crippen LogP contribution is -2.05. The average Bonchev–Trinajstić information content (AvgIpc) is 2.51. The number of nitrogens with two attached hydrogens (primary N) is 1. The molecule has 2 N–H and O–H groups in total. The minimum atomic E-state index is -0.202. The van der Waals surface area contributed by atoms with Gasteiger partial charge in [0.2, 0.25) is 0 Å². The Hall–Kier alpha value is -1.35. The summed E-state index contributed by atoms with van der Waals surface area (Å²) in [7, 11) is 1.97. The molecular weight excluding hydrogens is 203 g/mol. The van der Waals surface area contributed by atoms with Crippen LogP contribution in [0, 0.1) is 5.82 Å². The Balaban J connectivity index is 2.85. The second-order valence-corrected chi connectivity index (χ2v) is 4.44. The van der Waals surface area contributed by atoms with Crippen molar-refractivity contribution in [3.8, 4) is 0 Å². The maximum Gasteiger partial charge on any atom is 0.125 e. The van der Waals surface area contributed by atoms with Crippen LogP contribution in [-0.2, 0) is 13.6 Å². The molecule has 0 radical (unpaired) electrons. The van der Waals surface area contributed by atoms with Crippen molar-refractivity contribution in [2.45, 2.75) is 26.3 Å². The number of halogens is 1. The van der Waals surface area contributed by atoms with Crippen LogP contribution in [0.15, 0.2) is 18.2 Å². The van der Waals surface area contributed by atoms with Gasteiger partial charge >= 0.3 is 0 Å². The monoisotopic (exact) mass is 220 g/mol. The zero-order chi connectivity index (χ0) is 11.9. The summed E-state index contributed by atoms with van der Waals surface area (Å²) in [5.74, 6) is 0.186. The van der Waals surface area contributed by atoms with Gasteiger partial charge in [0.15, 0.2) is 0 Å². The Morgan fingerprint density at radius 1 is 1.38 bits per heavy atom. The Morgan fingerprint density at radius 2 is 2.06 bits per heavy atom. The van der Waals surface area contributed by atoms with Gasteiger partial charge in [0.25, 0.3) is 0 Å². The number of rotatable bonds is 2. The van der Waals surface area contributed by atoms with E-state index in [1.54, 1.807) is 6.07 Å². The predicted molar refractivity (Wildman–Crippen MR) is 64.9 cm³/mol. The summed E-state index contributed by atoms with van der Waals surface area (Å²) >= 11 is 0. The van der Waals surface area contributed by atoms with E-state index in [0.29, 0.717) is 12.5 Å². The molecule has 0 saturated heterocycles. The Labute approximate surface area is 94.9 Å². The summed E-state index contributed by atoms with van der Waals surface area (Å²) in [5, 5.41) is 1.06. The topological polar surface area (TPSA) is 30.9 Å². The summed E-state index contributed by atoms with van der Waals surface area (Å²) in [6.45, 7) is 4.75. The molecule has 1 aromatic carbocycles. The van der Waals surface area contributed by atoms with Gasteiger partial charge in [0.1, 0.15) is 5.82 Å². The first-order valence-corrected chi connectivity index (χ1v) is 5.53. The standard InChI is InChI=1S/C13H17FN2/c1-8(2)13-11(7-15)10-5-4-9(14)6-12(10)16(13)3/h4-6,8H,7,15H2,1-3H3. The van der Waals surface area contributed by atoms with E-state index >= 15 is 0 Å². The predicted octanol–water partition coefficient (Wildman–Crippen LogP) is 2.90. The van der Waals surface area contributed by atoms with Crippen LogP contribution in [0.4, 0.5) is 4.39 Å². The minimum absolute atomic E-state index is 0.202. The fourth-order valence-electron chi connectivity index (χ4n) is 2.46. The van der Waals surface area contributed by atoms with E-state index in [1.807, 2.05) is 17.7 Å². The van der Waals surface area contributed by atoms with Crippen molar-refractivity contribution in [1.82, 2.24) is 4.57 Å². The van der Waals surface area contributed by atoms with Crippen molar-refractivity contribution in [2.24, 2.45) is 12.8 Å². The van der Waals surface area contributed by atoms with E-state index in [-0.39, 0.29) is 5.82 Å². The second-order valence-electron chi connectivity index (χ2n) is 4.44. The molecule has 0 aliphatic carbocycles. The lowest BCUT2D eigenvalue weighted by atomic mass is 10.0. The summed E-state index contributed by atoms with van der Waals surface area (Å²) in [4.78, 5) is 0. The largest absolute Gasteiger partial charge is 0.347 e. The number of benzene rings is 1. The third kappa shape index (κ3) is 1.52. The molecule has 0 atom stereocenters. The fraction of sp³-hybridized carbons (Fsp3) is 0.385. The molecule has 0 unspecified atom stereocenters. The first-order valence-electron chi connectivity index (χ1n) is 5.53. The van der Waals surface area contributed by atoms with Crippen molar-refractivity contribution in [3.63, 3.8) is 0 Å². The molecule has 0 saturated carbocycles. The smallest absolute Gasteiger partial charge is 0.125 e. The van der Waals surface area contributed by atoms with Gasteiger partial charge in [-0.3, -0.25) is 0 Å². The van der Waals surface area contributed by atoms with Gasteiger partial charge in [-0.25, -0.2) is 4.39 Å². The zero-order valence-electron chi connectivity index (χ0n) is 9.92. The molecule has 2 aromatic rings. The summed E-state index contributed by atoms with van der Waals surface area (Å²) in [5.41, 5.74) is 9.05. The van der Waals surface area contributed by atoms with Crippen LogP contribution in [-0.4, -0.2) is 4.57 Å². The fourth-order valence-corrected chi connectivity index (χ4v) is 2.46. The molecule has 0 amide bonds.